The summed E-state index contributed by atoms with van der Waals surface area (Å²) in [6.45, 7) is 7.93. The Kier molecular flexibility index (Phi) is 17.9. The highest BCUT2D eigenvalue weighted by atomic mass is 16.5. The van der Waals surface area contributed by atoms with Gasteiger partial charge in [-0.3, -0.25) is 9.59 Å². The van der Waals surface area contributed by atoms with Crippen molar-refractivity contribution in [3.05, 3.63) is 0 Å². The van der Waals surface area contributed by atoms with Crippen LogP contribution >= 0.6 is 0 Å². The van der Waals surface area contributed by atoms with Crippen molar-refractivity contribution in [1.29, 1.82) is 0 Å². The average Bonchev–Trinajstić information content (AvgIpc) is 2.38. The fourth-order valence-electron chi connectivity index (χ4n) is 0.952. The minimum Gasteiger partial charge on any atom is -0.466 e. The fraction of sp³-hybridized carbons (Fsp3) is 0.846. The van der Waals surface area contributed by atoms with E-state index in [9.17, 15) is 9.59 Å². The molecule has 0 N–H and O–H groups in total. The van der Waals surface area contributed by atoms with Crippen molar-refractivity contribution in [2.24, 2.45) is 0 Å². The highest BCUT2D eigenvalue weighted by molar-refractivity contribution is 5.69. The van der Waals surface area contributed by atoms with Gasteiger partial charge in [0.25, 0.3) is 0 Å². The Hall–Kier alpha value is -1.14. The number of esters is 2. The van der Waals surface area contributed by atoms with Crippen molar-refractivity contribution in [2.75, 3.05) is 40.1 Å². The normalized spacial score (nSPS) is 9.26. The third-order valence-electron chi connectivity index (χ3n) is 1.78. The smallest absolute Gasteiger partial charge is 0.308 e. The maximum atomic E-state index is 10.6. The summed E-state index contributed by atoms with van der Waals surface area (Å²) in [5.74, 6) is -0.379. The van der Waals surface area contributed by atoms with E-state index in [1.54, 1.807) is 21.0 Å². The molecule has 0 aromatic rings. The number of ether oxygens (including phenoxy) is 4. The number of methoxy groups -OCH3 is 1. The zero-order valence-electron chi connectivity index (χ0n) is 12.4. The van der Waals surface area contributed by atoms with E-state index in [4.69, 9.17) is 4.74 Å². The van der Waals surface area contributed by atoms with Gasteiger partial charge in [-0.15, -0.1) is 0 Å². The largest absolute Gasteiger partial charge is 0.466 e. The summed E-state index contributed by atoms with van der Waals surface area (Å²) in [7, 11) is 1.55. The summed E-state index contributed by atoms with van der Waals surface area (Å²) >= 11 is 0. The molecular weight excluding hydrogens is 252 g/mol. The fourth-order valence-corrected chi connectivity index (χ4v) is 0.952. The van der Waals surface area contributed by atoms with Crippen LogP contribution in [0.3, 0.4) is 0 Å². The monoisotopic (exact) mass is 278 g/mol. The molecule has 0 spiro atoms. The van der Waals surface area contributed by atoms with E-state index < -0.39 is 0 Å². The zero-order valence-corrected chi connectivity index (χ0v) is 12.4. The van der Waals surface area contributed by atoms with E-state index in [-0.39, 0.29) is 11.9 Å². The zero-order chi connectivity index (χ0) is 14.9. The van der Waals surface area contributed by atoms with Crippen LogP contribution in [-0.2, 0) is 28.5 Å². The predicted molar refractivity (Wildman–Crippen MR) is 70.9 cm³/mol. The first-order chi connectivity index (χ1) is 9.12. The molecule has 0 amide bonds. The minimum absolute atomic E-state index is 0.184. The number of hydrogen-bond donors (Lipinski definition) is 0. The van der Waals surface area contributed by atoms with Gasteiger partial charge in [-0.1, -0.05) is 0 Å². The number of carbonyl (C=O) groups excluding carboxylic acids is 2. The summed E-state index contributed by atoms with van der Waals surface area (Å²) in [6.07, 6.45) is 0.714. The molecule has 6 nitrogen and oxygen atoms in total. The standard InChI is InChI=1S/C7H14O3.C6H12O3/c1-3-9-6-5-7(8)10-4-2;1-3-9-6(7)4-5-8-2/h3-6H2,1-2H3;3-5H2,1-2H3. The van der Waals surface area contributed by atoms with Gasteiger partial charge in [0.15, 0.2) is 0 Å². The lowest BCUT2D eigenvalue weighted by atomic mass is 10.5. The molecule has 0 bridgehead atoms. The molecule has 0 aliphatic heterocycles. The van der Waals surface area contributed by atoms with Crippen molar-refractivity contribution >= 4 is 11.9 Å². The van der Waals surface area contributed by atoms with Gasteiger partial charge in [0.1, 0.15) is 0 Å². The topological polar surface area (TPSA) is 71.1 Å². The van der Waals surface area contributed by atoms with Crippen molar-refractivity contribution in [1.82, 2.24) is 0 Å². The molecule has 0 aromatic heterocycles. The third-order valence-corrected chi connectivity index (χ3v) is 1.78. The number of carbonyl (C=O) groups is 2. The van der Waals surface area contributed by atoms with Gasteiger partial charge >= 0.3 is 11.9 Å². The molecule has 0 rings (SSSR count). The van der Waals surface area contributed by atoms with E-state index >= 15 is 0 Å². The van der Waals surface area contributed by atoms with Gasteiger partial charge in [-0.2, -0.15) is 0 Å². The summed E-state index contributed by atoms with van der Waals surface area (Å²) in [5.41, 5.74) is 0. The molecule has 0 unspecified atom stereocenters. The van der Waals surface area contributed by atoms with Gasteiger partial charge < -0.3 is 18.9 Å². The minimum atomic E-state index is -0.195. The van der Waals surface area contributed by atoms with Gasteiger partial charge in [0, 0.05) is 13.7 Å². The SMILES string of the molecule is CCOC(=O)CCOC.CCOCCC(=O)OCC. The van der Waals surface area contributed by atoms with Gasteiger partial charge in [0.05, 0.1) is 39.3 Å². The summed E-state index contributed by atoms with van der Waals surface area (Å²) in [4.78, 5) is 21.1. The van der Waals surface area contributed by atoms with E-state index in [0.29, 0.717) is 45.9 Å². The Morgan fingerprint density at radius 3 is 1.63 bits per heavy atom. The number of rotatable bonds is 9. The molecule has 0 heterocycles. The molecule has 0 saturated carbocycles. The van der Waals surface area contributed by atoms with E-state index in [1.807, 2.05) is 6.92 Å². The first-order valence-electron chi connectivity index (χ1n) is 6.50. The lowest BCUT2D eigenvalue weighted by molar-refractivity contribution is -0.145. The van der Waals surface area contributed by atoms with E-state index in [2.05, 4.69) is 14.2 Å². The van der Waals surface area contributed by atoms with Crippen LogP contribution in [-0.4, -0.2) is 52.1 Å². The Bertz CT molecular complexity index is 217. The predicted octanol–water partition coefficient (Wildman–Crippen LogP) is 1.56. The van der Waals surface area contributed by atoms with Gasteiger partial charge in [0.2, 0.25) is 0 Å². The molecular formula is C13H26O6. The Morgan fingerprint density at radius 1 is 0.789 bits per heavy atom. The Labute approximate surface area is 115 Å². The van der Waals surface area contributed by atoms with Crippen molar-refractivity contribution in [2.45, 2.75) is 33.6 Å². The molecule has 0 atom stereocenters. The molecule has 0 fully saturated rings. The highest BCUT2D eigenvalue weighted by Gasteiger charge is 1.99. The quantitative estimate of drug-likeness (QED) is 0.471. The van der Waals surface area contributed by atoms with Crippen LogP contribution < -0.4 is 0 Å². The van der Waals surface area contributed by atoms with Crippen LogP contribution in [0.15, 0.2) is 0 Å². The van der Waals surface area contributed by atoms with Crippen molar-refractivity contribution in [3.63, 3.8) is 0 Å². The molecule has 0 aliphatic carbocycles. The summed E-state index contributed by atoms with van der Waals surface area (Å²) in [5, 5.41) is 0. The van der Waals surface area contributed by atoms with Gasteiger partial charge in [-0.05, 0) is 20.8 Å². The van der Waals surface area contributed by atoms with E-state index in [0.717, 1.165) is 0 Å². The maximum absolute atomic E-state index is 10.6. The summed E-state index contributed by atoms with van der Waals surface area (Å²) < 4.78 is 18.9. The Balaban J connectivity index is 0. The van der Waals surface area contributed by atoms with Crippen LogP contribution in [0.4, 0.5) is 0 Å². The molecule has 0 saturated heterocycles. The average molecular weight is 278 g/mol. The van der Waals surface area contributed by atoms with Crippen LogP contribution in [0.1, 0.15) is 33.6 Å². The lowest BCUT2D eigenvalue weighted by Gasteiger charge is -2.00. The van der Waals surface area contributed by atoms with Crippen LogP contribution in [0.5, 0.6) is 0 Å². The molecule has 114 valence electrons. The van der Waals surface area contributed by atoms with E-state index in [1.165, 1.54) is 0 Å². The first kappa shape index (κ1) is 20.2. The van der Waals surface area contributed by atoms with Gasteiger partial charge in [-0.25, -0.2) is 0 Å². The van der Waals surface area contributed by atoms with Crippen LogP contribution in [0.2, 0.25) is 0 Å². The van der Waals surface area contributed by atoms with Crippen molar-refractivity contribution < 1.29 is 28.5 Å². The number of hydrogen-bond acceptors (Lipinski definition) is 6. The van der Waals surface area contributed by atoms with Crippen LogP contribution in [0, 0.1) is 0 Å². The maximum Gasteiger partial charge on any atom is 0.308 e. The molecule has 0 aromatic carbocycles. The third kappa shape index (κ3) is 19.4. The molecule has 0 radical (unpaired) electrons. The molecule has 0 aliphatic rings. The first-order valence-corrected chi connectivity index (χ1v) is 6.50. The van der Waals surface area contributed by atoms with Crippen LogP contribution in [0.25, 0.3) is 0 Å². The second-order valence-corrected chi connectivity index (χ2v) is 3.30. The second-order valence-electron chi connectivity index (χ2n) is 3.30. The molecule has 19 heavy (non-hydrogen) atoms. The lowest BCUT2D eigenvalue weighted by Crippen LogP contribution is -2.07. The van der Waals surface area contributed by atoms with Crippen molar-refractivity contribution in [3.8, 4) is 0 Å². The summed E-state index contributed by atoms with van der Waals surface area (Å²) in [6, 6.07) is 0. The second kappa shape index (κ2) is 16.9. The highest BCUT2D eigenvalue weighted by Crippen LogP contribution is 1.87. The Morgan fingerprint density at radius 2 is 1.26 bits per heavy atom. The molecule has 6 heteroatoms.